The first-order valence-electron chi connectivity index (χ1n) is 6.89. The lowest BCUT2D eigenvalue weighted by Crippen LogP contribution is -2.08. The Morgan fingerprint density at radius 1 is 1.17 bits per heavy atom. The molecule has 116 valence electrons. The second-order valence-electron chi connectivity index (χ2n) is 4.67. The summed E-state index contributed by atoms with van der Waals surface area (Å²) in [6.07, 6.45) is 2.93. The average molecular weight is 311 g/mol. The molecule has 0 unspecified atom stereocenters. The smallest absolute Gasteiger partial charge is 0.305 e. The number of nitro groups is 1. The molecule has 2 aromatic heterocycles. The molecule has 0 saturated carbocycles. The molecule has 9 heteroatoms. The molecule has 9 nitrogen and oxygen atoms in total. The molecule has 0 bridgehead atoms. The SMILES string of the molecule is O=[N+]([O-])c1cnc(NCCc2nc(-c3ccccc3)n[nH]2)nc1. The number of benzene rings is 1. The van der Waals surface area contributed by atoms with E-state index in [1.165, 1.54) is 0 Å². The summed E-state index contributed by atoms with van der Waals surface area (Å²) in [5.41, 5.74) is 0.806. The van der Waals surface area contributed by atoms with Crippen LogP contribution in [0.15, 0.2) is 42.7 Å². The summed E-state index contributed by atoms with van der Waals surface area (Å²) in [4.78, 5) is 22.1. The molecule has 0 spiro atoms. The fourth-order valence-electron chi connectivity index (χ4n) is 1.92. The summed E-state index contributed by atoms with van der Waals surface area (Å²) >= 11 is 0. The van der Waals surface area contributed by atoms with E-state index in [9.17, 15) is 10.1 Å². The first kappa shape index (κ1) is 14.6. The lowest BCUT2D eigenvalue weighted by molar-refractivity contribution is -0.385. The quantitative estimate of drug-likeness (QED) is 0.525. The van der Waals surface area contributed by atoms with Gasteiger partial charge in [-0.1, -0.05) is 30.3 Å². The van der Waals surface area contributed by atoms with Gasteiger partial charge in [-0.2, -0.15) is 5.10 Å². The zero-order chi connectivity index (χ0) is 16.1. The Morgan fingerprint density at radius 3 is 2.61 bits per heavy atom. The van der Waals surface area contributed by atoms with Crippen LogP contribution in [0.25, 0.3) is 11.4 Å². The normalized spacial score (nSPS) is 10.4. The van der Waals surface area contributed by atoms with Crippen molar-refractivity contribution >= 4 is 11.6 Å². The largest absolute Gasteiger partial charge is 0.354 e. The van der Waals surface area contributed by atoms with Crippen molar-refractivity contribution in [3.8, 4) is 11.4 Å². The van der Waals surface area contributed by atoms with Crippen molar-refractivity contribution in [3.05, 3.63) is 58.7 Å². The summed E-state index contributed by atoms with van der Waals surface area (Å²) < 4.78 is 0. The number of rotatable bonds is 6. The van der Waals surface area contributed by atoms with E-state index in [0.29, 0.717) is 24.7 Å². The van der Waals surface area contributed by atoms with Crippen LogP contribution in [0.2, 0.25) is 0 Å². The van der Waals surface area contributed by atoms with Crippen LogP contribution in [0, 0.1) is 10.1 Å². The summed E-state index contributed by atoms with van der Waals surface area (Å²) in [5, 5.41) is 20.5. The molecular formula is C14H13N7O2. The number of aromatic amines is 1. The molecule has 0 atom stereocenters. The first-order chi connectivity index (χ1) is 11.2. The van der Waals surface area contributed by atoms with Crippen molar-refractivity contribution in [1.82, 2.24) is 25.1 Å². The van der Waals surface area contributed by atoms with Gasteiger partial charge in [0.15, 0.2) is 5.82 Å². The highest BCUT2D eigenvalue weighted by atomic mass is 16.6. The zero-order valence-corrected chi connectivity index (χ0v) is 12.0. The summed E-state index contributed by atoms with van der Waals surface area (Å²) in [6, 6.07) is 9.68. The Balaban J connectivity index is 1.55. The van der Waals surface area contributed by atoms with E-state index in [1.807, 2.05) is 30.3 Å². The maximum Gasteiger partial charge on any atom is 0.305 e. The minimum absolute atomic E-state index is 0.140. The Hall–Kier alpha value is -3.36. The summed E-state index contributed by atoms with van der Waals surface area (Å²) in [7, 11) is 0. The minimum Gasteiger partial charge on any atom is -0.354 e. The molecule has 0 fully saturated rings. The van der Waals surface area contributed by atoms with Crippen molar-refractivity contribution < 1.29 is 4.92 Å². The van der Waals surface area contributed by atoms with Crippen LogP contribution in [0.1, 0.15) is 5.82 Å². The van der Waals surface area contributed by atoms with Crippen LogP contribution in [0.4, 0.5) is 11.6 Å². The van der Waals surface area contributed by atoms with Gasteiger partial charge in [-0.25, -0.2) is 15.0 Å². The van der Waals surface area contributed by atoms with Crippen LogP contribution in [0.5, 0.6) is 0 Å². The molecule has 2 N–H and O–H groups in total. The summed E-state index contributed by atoms with van der Waals surface area (Å²) in [6.45, 7) is 0.529. The number of hydrogen-bond acceptors (Lipinski definition) is 7. The first-order valence-corrected chi connectivity index (χ1v) is 6.89. The van der Waals surface area contributed by atoms with Gasteiger partial charge in [-0.3, -0.25) is 15.2 Å². The van der Waals surface area contributed by atoms with E-state index < -0.39 is 4.92 Å². The van der Waals surface area contributed by atoms with Gasteiger partial charge in [0.2, 0.25) is 5.95 Å². The lowest BCUT2D eigenvalue weighted by Gasteiger charge is -2.01. The number of aromatic nitrogens is 5. The highest BCUT2D eigenvalue weighted by molar-refractivity contribution is 5.53. The van der Waals surface area contributed by atoms with Crippen molar-refractivity contribution in [3.63, 3.8) is 0 Å². The maximum atomic E-state index is 10.5. The number of H-pyrrole nitrogens is 1. The molecule has 0 aliphatic rings. The van der Waals surface area contributed by atoms with E-state index in [2.05, 4.69) is 30.5 Å². The van der Waals surface area contributed by atoms with Gasteiger partial charge < -0.3 is 5.32 Å². The van der Waals surface area contributed by atoms with Crippen molar-refractivity contribution in [2.24, 2.45) is 0 Å². The molecule has 3 aromatic rings. The second-order valence-corrected chi connectivity index (χ2v) is 4.67. The van der Waals surface area contributed by atoms with Crippen LogP contribution in [-0.4, -0.2) is 36.6 Å². The van der Waals surface area contributed by atoms with Crippen molar-refractivity contribution in [1.29, 1.82) is 0 Å². The van der Waals surface area contributed by atoms with E-state index in [0.717, 1.165) is 23.8 Å². The Morgan fingerprint density at radius 2 is 1.91 bits per heavy atom. The van der Waals surface area contributed by atoms with Gasteiger partial charge in [0, 0.05) is 18.5 Å². The van der Waals surface area contributed by atoms with Crippen LogP contribution < -0.4 is 5.32 Å². The van der Waals surface area contributed by atoms with Gasteiger partial charge in [0.25, 0.3) is 0 Å². The molecule has 0 aliphatic heterocycles. The zero-order valence-electron chi connectivity index (χ0n) is 12.0. The molecule has 0 radical (unpaired) electrons. The van der Waals surface area contributed by atoms with Crippen molar-refractivity contribution in [2.45, 2.75) is 6.42 Å². The van der Waals surface area contributed by atoms with Gasteiger partial charge in [0.1, 0.15) is 18.2 Å². The highest BCUT2D eigenvalue weighted by Gasteiger charge is 2.07. The Labute approximate surface area is 131 Å². The Bertz CT molecular complexity index is 786. The molecule has 0 aliphatic carbocycles. The van der Waals surface area contributed by atoms with Gasteiger partial charge in [0.05, 0.1) is 4.92 Å². The third-order valence-electron chi connectivity index (χ3n) is 3.06. The van der Waals surface area contributed by atoms with Crippen LogP contribution in [-0.2, 0) is 6.42 Å². The van der Waals surface area contributed by atoms with Crippen molar-refractivity contribution in [2.75, 3.05) is 11.9 Å². The molecule has 2 heterocycles. The number of nitrogens with zero attached hydrogens (tertiary/aromatic N) is 5. The van der Waals surface area contributed by atoms with Gasteiger partial charge in [-0.05, 0) is 0 Å². The van der Waals surface area contributed by atoms with Crippen LogP contribution in [0.3, 0.4) is 0 Å². The molecule has 0 saturated heterocycles. The molecule has 1 aromatic carbocycles. The fourth-order valence-corrected chi connectivity index (χ4v) is 1.92. The second kappa shape index (κ2) is 6.60. The number of nitrogens with one attached hydrogen (secondary N) is 2. The molecular weight excluding hydrogens is 298 g/mol. The number of hydrogen-bond donors (Lipinski definition) is 2. The average Bonchev–Trinajstić information content (AvgIpc) is 3.05. The van der Waals surface area contributed by atoms with Crippen LogP contribution >= 0.6 is 0 Å². The molecule has 0 amide bonds. The maximum absolute atomic E-state index is 10.5. The van der Waals surface area contributed by atoms with Gasteiger partial charge in [-0.15, -0.1) is 0 Å². The fraction of sp³-hybridized carbons (Fsp3) is 0.143. The van der Waals surface area contributed by atoms with Gasteiger partial charge >= 0.3 is 5.69 Å². The predicted molar refractivity (Wildman–Crippen MR) is 82.7 cm³/mol. The third-order valence-corrected chi connectivity index (χ3v) is 3.06. The standard InChI is InChI=1S/C14H13N7O2/c22-21(23)11-8-16-14(17-9-11)15-7-6-12-18-13(20-19-12)10-4-2-1-3-5-10/h1-5,8-9H,6-7H2,(H,15,16,17)(H,18,19,20). The topological polar surface area (TPSA) is 123 Å². The van der Waals surface area contributed by atoms with E-state index in [1.54, 1.807) is 0 Å². The third kappa shape index (κ3) is 3.64. The monoisotopic (exact) mass is 311 g/mol. The molecule has 3 rings (SSSR count). The minimum atomic E-state index is -0.538. The van der Waals surface area contributed by atoms with E-state index in [4.69, 9.17) is 0 Å². The van der Waals surface area contributed by atoms with E-state index >= 15 is 0 Å². The highest BCUT2D eigenvalue weighted by Crippen LogP contribution is 2.13. The van der Waals surface area contributed by atoms with E-state index in [-0.39, 0.29) is 5.69 Å². The molecule has 23 heavy (non-hydrogen) atoms. The lowest BCUT2D eigenvalue weighted by atomic mass is 10.2. The summed E-state index contributed by atoms with van der Waals surface area (Å²) in [5.74, 6) is 1.71. The Kier molecular flexibility index (Phi) is 4.18. The predicted octanol–water partition coefficient (Wildman–Crippen LogP) is 1.82. The number of anilines is 1.